The van der Waals surface area contributed by atoms with Crippen LogP contribution in [0.2, 0.25) is 5.02 Å². The SMILES string of the molecule is NC1(C2CC2)CN(c2ncccc2Cl)C1. The van der Waals surface area contributed by atoms with E-state index in [2.05, 4.69) is 9.88 Å². The summed E-state index contributed by atoms with van der Waals surface area (Å²) in [6.07, 6.45) is 4.36. The van der Waals surface area contributed by atoms with Gasteiger partial charge in [0.25, 0.3) is 0 Å². The molecular formula is C11H14ClN3. The van der Waals surface area contributed by atoms with E-state index in [1.807, 2.05) is 12.1 Å². The zero-order valence-corrected chi connectivity index (χ0v) is 9.24. The molecule has 0 atom stereocenters. The van der Waals surface area contributed by atoms with E-state index < -0.39 is 0 Å². The van der Waals surface area contributed by atoms with Gasteiger partial charge in [-0.3, -0.25) is 0 Å². The summed E-state index contributed by atoms with van der Waals surface area (Å²) in [4.78, 5) is 6.45. The molecule has 2 aliphatic rings. The minimum absolute atomic E-state index is 0.0286. The molecule has 1 aromatic rings. The lowest BCUT2D eigenvalue weighted by molar-refractivity contribution is 0.289. The highest BCUT2D eigenvalue weighted by Crippen LogP contribution is 2.44. The predicted octanol–water partition coefficient (Wildman–Crippen LogP) is 1.66. The van der Waals surface area contributed by atoms with E-state index in [0.29, 0.717) is 0 Å². The number of anilines is 1. The molecule has 1 aliphatic carbocycles. The molecule has 2 N–H and O–H groups in total. The van der Waals surface area contributed by atoms with Gasteiger partial charge in [0, 0.05) is 19.3 Å². The average molecular weight is 224 g/mol. The summed E-state index contributed by atoms with van der Waals surface area (Å²) < 4.78 is 0. The van der Waals surface area contributed by atoms with E-state index in [1.54, 1.807) is 6.20 Å². The van der Waals surface area contributed by atoms with Gasteiger partial charge in [0.1, 0.15) is 5.82 Å². The molecule has 15 heavy (non-hydrogen) atoms. The Morgan fingerprint density at radius 3 is 2.80 bits per heavy atom. The molecule has 4 heteroatoms. The number of nitrogens with two attached hydrogens (primary N) is 1. The zero-order chi connectivity index (χ0) is 10.5. The number of aromatic nitrogens is 1. The second-order valence-electron chi connectivity index (χ2n) is 4.67. The third-order valence-corrected chi connectivity index (χ3v) is 3.69. The van der Waals surface area contributed by atoms with Gasteiger partial charge in [-0.2, -0.15) is 0 Å². The minimum atomic E-state index is 0.0286. The van der Waals surface area contributed by atoms with E-state index in [1.165, 1.54) is 12.8 Å². The molecular weight excluding hydrogens is 210 g/mol. The molecule has 0 spiro atoms. The van der Waals surface area contributed by atoms with Crippen LogP contribution in [0.5, 0.6) is 0 Å². The third kappa shape index (κ3) is 1.50. The van der Waals surface area contributed by atoms with Crippen molar-refractivity contribution in [2.45, 2.75) is 18.4 Å². The summed E-state index contributed by atoms with van der Waals surface area (Å²) in [6, 6.07) is 3.72. The molecule has 2 heterocycles. The molecule has 1 aliphatic heterocycles. The second-order valence-corrected chi connectivity index (χ2v) is 5.08. The van der Waals surface area contributed by atoms with Gasteiger partial charge in [-0.05, 0) is 30.9 Å². The molecule has 1 aromatic heterocycles. The molecule has 1 saturated heterocycles. The maximum atomic E-state index is 6.27. The number of rotatable bonds is 2. The molecule has 80 valence electrons. The van der Waals surface area contributed by atoms with Crippen LogP contribution in [0.15, 0.2) is 18.3 Å². The second kappa shape index (κ2) is 3.09. The largest absolute Gasteiger partial charge is 0.352 e. The topological polar surface area (TPSA) is 42.1 Å². The molecule has 0 unspecified atom stereocenters. The lowest BCUT2D eigenvalue weighted by Gasteiger charge is -2.49. The molecule has 0 amide bonds. The number of pyridine rings is 1. The summed E-state index contributed by atoms with van der Waals surface area (Å²) in [5.74, 6) is 1.61. The molecule has 1 saturated carbocycles. The van der Waals surface area contributed by atoms with Gasteiger partial charge in [0.05, 0.1) is 10.6 Å². The van der Waals surface area contributed by atoms with Crippen LogP contribution in [-0.2, 0) is 0 Å². The predicted molar refractivity (Wildman–Crippen MR) is 61.1 cm³/mol. The zero-order valence-electron chi connectivity index (χ0n) is 8.49. The van der Waals surface area contributed by atoms with Crippen LogP contribution in [0.1, 0.15) is 12.8 Å². The Bertz CT molecular complexity index is 383. The summed E-state index contributed by atoms with van der Waals surface area (Å²) in [5, 5.41) is 0.718. The quantitative estimate of drug-likeness (QED) is 0.829. The van der Waals surface area contributed by atoms with Gasteiger partial charge in [0.2, 0.25) is 0 Å². The van der Waals surface area contributed by atoms with Gasteiger partial charge in [0.15, 0.2) is 0 Å². The Morgan fingerprint density at radius 2 is 2.20 bits per heavy atom. The highest BCUT2D eigenvalue weighted by molar-refractivity contribution is 6.32. The average Bonchev–Trinajstić information content (AvgIpc) is 2.97. The Kier molecular flexibility index (Phi) is 1.94. The van der Waals surface area contributed by atoms with Gasteiger partial charge >= 0.3 is 0 Å². The summed E-state index contributed by atoms with van der Waals surface area (Å²) in [6.45, 7) is 1.79. The van der Waals surface area contributed by atoms with Crippen LogP contribution >= 0.6 is 11.6 Å². The summed E-state index contributed by atoms with van der Waals surface area (Å²) in [7, 11) is 0. The smallest absolute Gasteiger partial charge is 0.147 e. The monoisotopic (exact) mass is 223 g/mol. The number of nitrogens with zero attached hydrogens (tertiary/aromatic N) is 2. The van der Waals surface area contributed by atoms with Crippen molar-refractivity contribution in [2.75, 3.05) is 18.0 Å². The van der Waals surface area contributed by atoms with Gasteiger partial charge in [-0.1, -0.05) is 11.6 Å². The van der Waals surface area contributed by atoms with Gasteiger partial charge < -0.3 is 10.6 Å². The van der Waals surface area contributed by atoms with Crippen molar-refractivity contribution in [3.05, 3.63) is 23.4 Å². The number of hydrogen-bond donors (Lipinski definition) is 1. The fourth-order valence-corrected chi connectivity index (χ4v) is 2.58. The highest BCUT2D eigenvalue weighted by atomic mass is 35.5. The maximum absolute atomic E-state index is 6.27. The first-order chi connectivity index (χ1) is 7.19. The third-order valence-electron chi connectivity index (χ3n) is 3.40. The lowest BCUT2D eigenvalue weighted by atomic mass is 9.86. The summed E-state index contributed by atoms with van der Waals surface area (Å²) in [5.41, 5.74) is 6.30. The maximum Gasteiger partial charge on any atom is 0.147 e. The lowest BCUT2D eigenvalue weighted by Crippen LogP contribution is -2.69. The van der Waals surface area contributed by atoms with Gasteiger partial charge in [-0.15, -0.1) is 0 Å². The van der Waals surface area contributed by atoms with Crippen molar-refractivity contribution in [3.8, 4) is 0 Å². The molecule has 2 fully saturated rings. The first-order valence-corrected chi connectivity index (χ1v) is 5.71. The van der Waals surface area contributed by atoms with Crippen molar-refractivity contribution >= 4 is 17.4 Å². The van der Waals surface area contributed by atoms with E-state index in [9.17, 15) is 0 Å². The normalized spacial score (nSPS) is 23.7. The van der Waals surface area contributed by atoms with Crippen molar-refractivity contribution in [3.63, 3.8) is 0 Å². The van der Waals surface area contributed by atoms with Crippen LogP contribution in [-0.4, -0.2) is 23.6 Å². The molecule has 0 bridgehead atoms. The van der Waals surface area contributed by atoms with Crippen molar-refractivity contribution < 1.29 is 0 Å². The molecule has 3 rings (SSSR count). The van der Waals surface area contributed by atoms with Crippen LogP contribution in [0.3, 0.4) is 0 Å². The van der Waals surface area contributed by atoms with E-state index in [0.717, 1.165) is 29.8 Å². The Hall–Kier alpha value is -0.800. The van der Waals surface area contributed by atoms with Crippen molar-refractivity contribution in [2.24, 2.45) is 11.7 Å². The Morgan fingerprint density at radius 1 is 1.47 bits per heavy atom. The number of halogens is 1. The van der Waals surface area contributed by atoms with Crippen LogP contribution in [0, 0.1) is 5.92 Å². The fraction of sp³-hybridized carbons (Fsp3) is 0.545. The number of hydrogen-bond acceptors (Lipinski definition) is 3. The Balaban J connectivity index is 1.74. The van der Waals surface area contributed by atoms with Crippen LogP contribution in [0.25, 0.3) is 0 Å². The molecule has 0 aromatic carbocycles. The van der Waals surface area contributed by atoms with E-state index >= 15 is 0 Å². The highest BCUT2D eigenvalue weighted by Gasteiger charge is 2.50. The van der Waals surface area contributed by atoms with E-state index in [4.69, 9.17) is 17.3 Å². The van der Waals surface area contributed by atoms with Crippen molar-refractivity contribution in [1.82, 2.24) is 4.98 Å². The first-order valence-electron chi connectivity index (χ1n) is 5.33. The molecule has 0 radical (unpaired) electrons. The minimum Gasteiger partial charge on any atom is -0.352 e. The molecule has 3 nitrogen and oxygen atoms in total. The fourth-order valence-electron chi connectivity index (χ4n) is 2.34. The van der Waals surface area contributed by atoms with Gasteiger partial charge in [-0.25, -0.2) is 4.98 Å². The van der Waals surface area contributed by atoms with Crippen molar-refractivity contribution in [1.29, 1.82) is 0 Å². The van der Waals surface area contributed by atoms with E-state index in [-0.39, 0.29) is 5.54 Å². The summed E-state index contributed by atoms with van der Waals surface area (Å²) >= 11 is 6.08. The first kappa shape index (κ1) is 9.43. The standard InChI is InChI=1S/C11H14ClN3/c12-9-2-1-5-14-10(9)15-6-11(13,7-15)8-3-4-8/h1-2,5,8H,3-4,6-7,13H2. The van der Waals surface area contributed by atoms with Crippen LogP contribution in [0.4, 0.5) is 5.82 Å². The van der Waals surface area contributed by atoms with Crippen LogP contribution < -0.4 is 10.6 Å². The Labute approximate surface area is 94.2 Å².